The van der Waals surface area contributed by atoms with E-state index in [9.17, 15) is 5.26 Å². The molecule has 1 rings (SSSR count). The molecule has 0 radical (unpaired) electrons. The van der Waals surface area contributed by atoms with Crippen LogP contribution in [0, 0.1) is 11.3 Å². The molecule has 0 aliphatic carbocycles. The van der Waals surface area contributed by atoms with E-state index in [0.29, 0.717) is 0 Å². The predicted octanol–water partition coefficient (Wildman–Crippen LogP) is 3.91. The third-order valence-electron chi connectivity index (χ3n) is 2.84. The van der Waals surface area contributed by atoms with E-state index in [1.807, 2.05) is 18.4 Å². The molecule has 0 atom stereocenters. The topological polar surface area (TPSA) is 27.0 Å². The van der Waals surface area contributed by atoms with E-state index < -0.39 is 0 Å². The molecule has 92 valence electrons. The molecule has 2 nitrogen and oxygen atoms in total. The van der Waals surface area contributed by atoms with Gasteiger partial charge >= 0.3 is 0 Å². The molecule has 0 aliphatic rings. The average Bonchev–Trinajstić information content (AvgIpc) is 2.39. The van der Waals surface area contributed by atoms with Crippen LogP contribution < -0.4 is 4.90 Å². The molecule has 0 saturated carbocycles. The lowest BCUT2D eigenvalue weighted by Crippen LogP contribution is -2.24. The van der Waals surface area contributed by atoms with Crippen molar-refractivity contribution in [2.45, 2.75) is 31.6 Å². The van der Waals surface area contributed by atoms with Gasteiger partial charge in [-0.15, -0.1) is 11.8 Å². The highest BCUT2D eigenvalue weighted by Gasteiger charge is 2.12. The van der Waals surface area contributed by atoms with Gasteiger partial charge in [-0.1, -0.05) is 19.4 Å². The van der Waals surface area contributed by atoms with Crippen LogP contribution in [0.3, 0.4) is 0 Å². The van der Waals surface area contributed by atoms with Gasteiger partial charge in [-0.25, -0.2) is 0 Å². The number of unbranched alkanes of at least 4 members (excludes halogenated alkanes) is 1. The number of nitriles is 1. The number of hydrogen-bond acceptors (Lipinski definition) is 3. The first-order valence-electron chi connectivity index (χ1n) is 6.10. The van der Waals surface area contributed by atoms with Gasteiger partial charge in [0, 0.05) is 18.0 Å². The Bertz CT molecular complexity index is 396. The SMILES string of the molecule is CCCCN(CC)c1cccc(SC)c1C#N. The Morgan fingerprint density at radius 3 is 2.65 bits per heavy atom. The van der Waals surface area contributed by atoms with E-state index in [1.165, 1.54) is 12.8 Å². The second-order valence-corrected chi connectivity index (χ2v) is 4.75. The molecule has 1 aromatic rings. The molecule has 0 saturated heterocycles. The van der Waals surface area contributed by atoms with E-state index in [1.54, 1.807) is 11.8 Å². The highest BCUT2D eigenvalue weighted by Crippen LogP contribution is 2.29. The van der Waals surface area contributed by atoms with Crippen molar-refractivity contribution >= 4 is 17.4 Å². The predicted molar refractivity (Wildman–Crippen MR) is 75.7 cm³/mol. The minimum atomic E-state index is 0.818. The van der Waals surface area contributed by atoms with E-state index in [-0.39, 0.29) is 0 Å². The summed E-state index contributed by atoms with van der Waals surface area (Å²) < 4.78 is 0. The van der Waals surface area contributed by atoms with Crippen LogP contribution in [0.2, 0.25) is 0 Å². The number of anilines is 1. The summed E-state index contributed by atoms with van der Waals surface area (Å²) in [5, 5.41) is 9.31. The summed E-state index contributed by atoms with van der Waals surface area (Å²) in [6, 6.07) is 8.45. The first-order valence-corrected chi connectivity index (χ1v) is 7.33. The first-order chi connectivity index (χ1) is 8.28. The minimum Gasteiger partial charge on any atom is -0.371 e. The van der Waals surface area contributed by atoms with Gasteiger partial charge in [0.05, 0.1) is 11.3 Å². The molecular weight excluding hydrogens is 228 g/mol. The summed E-state index contributed by atoms with van der Waals surface area (Å²) in [4.78, 5) is 3.36. The third kappa shape index (κ3) is 3.41. The first kappa shape index (κ1) is 13.9. The molecule has 0 aromatic heterocycles. The molecule has 0 amide bonds. The molecule has 17 heavy (non-hydrogen) atoms. The summed E-state index contributed by atoms with van der Waals surface area (Å²) in [5.41, 5.74) is 1.90. The fourth-order valence-corrected chi connectivity index (χ4v) is 2.43. The molecule has 0 aliphatic heterocycles. The highest BCUT2D eigenvalue weighted by molar-refractivity contribution is 7.98. The standard InChI is InChI=1S/C14H20N2S/c1-4-6-10-16(5-2)13-8-7-9-14(17-3)12(13)11-15/h7-9H,4-6,10H2,1-3H3. The zero-order chi connectivity index (χ0) is 12.7. The van der Waals surface area contributed by atoms with Crippen LogP contribution in [0.1, 0.15) is 32.3 Å². The Balaban J connectivity index is 3.06. The van der Waals surface area contributed by atoms with Crippen molar-refractivity contribution in [2.75, 3.05) is 24.2 Å². The molecule has 0 spiro atoms. The van der Waals surface area contributed by atoms with Crippen LogP contribution in [0.5, 0.6) is 0 Å². The van der Waals surface area contributed by atoms with Gasteiger partial charge in [-0.2, -0.15) is 5.26 Å². The second kappa shape index (κ2) is 7.24. The molecule has 0 heterocycles. The summed E-state index contributed by atoms with van der Waals surface area (Å²) in [6.07, 6.45) is 4.37. The molecule has 3 heteroatoms. The van der Waals surface area contributed by atoms with E-state index in [0.717, 1.165) is 29.2 Å². The van der Waals surface area contributed by atoms with Gasteiger partial charge in [-0.05, 0) is 31.7 Å². The van der Waals surface area contributed by atoms with Crippen molar-refractivity contribution in [3.8, 4) is 6.07 Å². The highest BCUT2D eigenvalue weighted by atomic mass is 32.2. The monoisotopic (exact) mass is 248 g/mol. The van der Waals surface area contributed by atoms with E-state index in [2.05, 4.69) is 30.9 Å². The Labute approximate surface area is 109 Å². The molecule has 0 unspecified atom stereocenters. The third-order valence-corrected chi connectivity index (χ3v) is 3.62. The van der Waals surface area contributed by atoms with Crippen LogP contribution in [0.25, 0.3) is 0 Å². The Morgan fingerprint density at radius 1 is 1.35 bits per heavy atom. The maximum Gasteiger partial charge on any atom is 0.103 e. The van der Waals surface area contributed by atoms with Crippen LogP contribution in [0.4, 0.5) is 5.69 Å². The molecule has 1 aromatic carbocycles. The van der Waals surface area contributed by atoms with E-state index in [4.69, 9.17) is 0 Å². The largest absolute Gasteiger partial charge is 0.371 e. The average molecular weight is 248 g/mol. The van der Waals surface area contributed by atoms with Gasteiger partial charge in [0.25, 0.3) is 0 Å². The number of rotatable bonds is 6. The lowest BCUT2D eigenvalue weighted by atomic mass is 10.1. The Morgan fingerprint density at radius 2 is 2.12 bits per heavy atom. The summed E-state index contributed by atoms with van der Waals surface area (Å²) >= 11 is 1.64. The lowest BCUT2D eigenvalue weighted by molar-refractivity contribution is 0.731. The normalized spacial score (nSPS) is 10.0. The van der Waals surface area contributed by atoms with Crippen molar-refractivity contribution in [1.29, 1.82) is 5.26 Å². The van der Waals surface area contributed by atoms with Crippen molar-refractivity contribution in [3.63, 3.8) is 0 Å². The maximum absolute atomic E-state index is 9.31. The fourth-order valence-electron chi connectivity index (χ4n) is 1.86. The lowest BCUT2D eigenvalue weighted by Gasteiger charge is -2.24. The van der Waals surface area contributed by atoms with Crippen LogP contribution in [-0.2, 0) is 0 Å². The zero-order valence-electron chi connectivity index (χ0n) is 10.9. The van der Waals surface area contributed by atoms with Crippen molar-refractivity contribution in [1.82, 2.24) is 0 Å². The van der Waals surface area contributed by atoms with Crippen LogP contribution in [-0.4, -0.2) is 19.3 Å². The van der Waals surface area contributed by atoms with Gasteiger partial charge in [0.1, 0.15) is 6.07 Å². The van der Waals surface area contributed by atoms with Crippen molar-refractivity contribution < 1.29 is 0 Å². The maximum atomic E-state index is 9.31. The summed E-state index contributed by atoms with van der Waals surface area (Å²) in [6.45, 7) is 6.31. The fraction of sp³-hybridized carbons (Fsp3) is 0.500. The van der Waals surface area contributed by atoms with Crippen LogP contribution in [0.15, 0.2) is 23.1 Å². The summed E-state index contributed by atoms with van der Waals surface area (Å²) in [7, 11) is 0. The minimum absolute atomic E-state index is 0.818. The second-order valence-electron chi connectivity index (χ2n) is 3.90. The number of thioether (sulfide) groups is 1. The van der Waals surface area contributed by atoms with Gasteiger partial charge in [-0.3, -0.25) is 0 Å². The van der Waals surface area contributed by atoms with Crippen LogP contribution >= 0.6 is 11.8 Å². The Hall–Kier alpha value is -1.14. The van der Waals surface area contributed by atoms with Gasteiger partial charge in [0.2, 0.25) is 0 Å². The van der Waals surface area contributed by atoms with Crippen molar-refractivity contribution in [2.24, 2.45) is 0 Å². The molecule has 0 fully saturated rings. The molecule has 0 N–H and O–H groups in total. The smallest absolute Gasteiger partial charge is 0.103 e. The van der Waals surface area contributed by atoms with E-state index >= 15 is 0 Å². The number of nitrogens with zero attached hydrogens (tertiary/aromatic N) is 2. The number of hydrogen-bond donors (Lipinski definition) is 0. The van der Waals surface area contributed by atoms with Crippen molar-refractivity contribution in [3.05, 3.63) is 23.8 Å². The van der Waals surface area contributed by atoms with Gasteiger partial charge < -0.3 is 4.90 Å². The Kier molecular flexibility index (Phi) is 5.93. The molecular formula is C14H20N2S. The number of benzene rings is 1. The zero-order valence-corrected chi connectivity index (χ0v) is 11.7. The summed E-state index contributed by atoms with van der Waals surface area (Å²) in [5.74, 6) is 0. The molecule has 0 bridgehead atoms. The van der Waals surface area contributed by atoms with Gasteiger partial charge in [0.15, 0.2) is 0 Å². The quantitative estimate of drug-likeness (QED) is 0.714.